The minimum atomic E-state index is 0.605. The van der Waals surface area contributed by atoms with Gasteiger partial charge in [-0.15, -0.1) is 0 Å². The molecule has 0 heterocycles. The molecule has 0 radical (unpaired) electrons. The monoisotopic (exact) mass is 296 g/mol. The second kappa shape index (κ2) is 9.42. The number of hydrogen-bond acceptors (Lipinski definition) is 3. The molecule has 0 fully saturated rings. The van der Waals surface area contributed by atoms with E-state index >= 15 is 0 Å². The summed E-state index contributed by atoms with van der Waals surface area (Å²) in [4.78, 5) is 0. The van der Waals surface area contributed by atoms with Gasteiger partial charge in [-0.3, -0.25) is 0 Å². The van der Waals surface area contributed by atoms with E-state index in [1.807, 2.05) is 32.0 Å². The molecule has 5 heteroatoms. The lowest BCUT2D eigenvalue weighted by atomic mass is 10.2. The van der Waals surface area contributed by atoms with E-state index in [-0.39, 0.29) is 0 Å². The lowest BCUT2D eigenvalue weighted by Gasteiger charge is -2.15. The van der Waals surface area contributed by atoms with Gasteiger partial charge in [0.25, 0.3) is 0 Å². The zero-order valence-corrected chi connectivity index (χ0v) is 13.3. The van der Waals surface area contributed by atoms with Gasteiger partial charge in [0.15, 0.2) is 5.11 Å². The maximum Gasteiger partial charge on any atom is 0.170 e. The van der Waals surface area contributed by atoms with Crippen LogP contribution in [-0.4, -0.2) is 24.9 Å². The van der Waals surface area contributed by atoms with Gasteiger partial charge in [-0.05, 0) is 44.6 Å². The van der Waals surface area contributed by atoms with E-state index < -0.39 is 0 Å². The summed E-state index contributed by atoms with van der Waals surface area (Å²) in [7, 11) is 0. The standard InChI is InChI=1S/C15H24N2O2S/c1-4-7-10-16-15(20)17-13-11-12(18-5-2)8-9-14(13)19-6-3/h8-9,11H,4-7,10H2,1-3H3,(H2,16,17,20). The Morgan fingerprint density at radius 3 is 2.55 bits per heavy atom. The number of unbranched alkanes of at least 4 members (excludes halogenated alkanes) is 1. The van der Waals surface area contributed by atoms with Crippen LogP contribution in [0.15, 0.2) is 18.2 Å². The zero-order chi connectivity index (χ0) is 14.8. The molecule has 0 atom stereocenters. The van der Waals surface area contributed by atoms with Crippen LogP contribution in [0.4, 0.5) is 5.69 Å². The molecule has 112 valence electrons. The van der Waals surface area contributed by atoms with Crippen molar-refractivity contribution in [3.63, 3.8) is 0 Å². The maximum atomic E-state index is 5.59. The molecule has 0 saturated heterocycles. The topological polar surface area (TPSA) is 42.5 Å². The summed E-state index contributed by atoms with van der Waals surface area (Å²) in [5.41, 5.74) is 0.826. The molecule has 0 aliphatic rings. The molecule has 0 unspecified atom stereocenters. The molecule has 0 aliphatic heterocycles. The highest BCUT2D eigenvalue weighted by molar-refractivity contribution is 7.80. The maximum absolute atomic E-state index is 5.59. The first kappa shape index (κ1) is 16.6. The van der Waals surface area contributed by atoms with Crippen LogP contribution >= 0.6 is 12.2 Å². The Morgan fingerprint density at radius 1 is 1.15 bits per heavy atom. The number of thiocarbonyl (C=S) groups is 1. The molecule has 0 bridgehead atoms. The van der Waals surface area contributed by atoms with E-state index in [0.29, 0.717) is 18.3 Å². The highest BCUT2D eigenvalue weighted by Crippen LogP contribution is 2.29. The molecule has 0 saturated carbocycles. The fourth-order valence-electron chi connectivity index (χ4n) is 1.69. The molecular formula is C15H24N2O2S. The summed E-state index contributed by atoms with van der Waals surface area (Å²) in [6.07, 6.45) is 2.23. The van der Waals surface area contributed by atoms with Crippen molar-refractivity contribution in [3.8, 4) is 11.5 Å². The van der Waals surface area contributed by atoms with Gasteiger partial charge in [0.05, 0.1) is 18.9 Å². The van der Waals surface area contributed by atoms with Gasteiger partial charge in [-0.1, -0.05) is 13.3 Å². The van der Waals surface area contributed by atoms with E-state index in [1.165, 1.54) is 0 Å². The van der Waals surface area contributed by atoms with E-state index in [0.717, 1.165) is 36.6 Å². The van der Waals surface area contributed by atoms with Crippen LogP contribution < -0.4 is 20.1 Å². The van der Waals surface area contributed by atoms with Crippen LogP contribution in [0.3, 0.4) is 0 Å². The number of rotatable bonds is 8. The molecular weight excluding hydrogens is 272 g/mol. The molecule has 0 amide bonds. The average Bonchev–Trinajstić information content (AvgIpc) is 2.42. The summed E-state index contributed by atoms with van der Waals surface area (Å²) in [6, 6.07) is 5.70. The number of anilines is 1. The van der Waals surface area contributed by atoms with Gasteiger partial charge in [-0.25, -0.2) is 0 Å². The third-order valence-corrected chi connectivity index (χ3v) is 2.87. The van der Waals surface area contributed by atoms with E-state index in [9.17, 15) is 0 Å². The van der Waals surface area contributed by atoms with Crippen molar-refractivity contribution < 1.29 is 9.47 Å². The van der Waals surface area contributed by atoms with Gasteiger partial charge in [0, 0.05) is 12.6 Å². The SMILES string of the molecule is CCCCNC(=S)Nc1cc(OCC)ccc1OCC. The second-order valence-corrected chi connectivity index (χ2v) is 4.67. The van der Waals surface area contributed by atoms with Crippen molar-refractivity contribution in [1.29, 1.82) is 0 Å². The van der Waals surface area contributed by atoms with Crippen LogP contribution in [0.1, 0.15) is 33.6 Å². The van der Waals surface area contributed by atoms with Crippen molar-refractivity contribution in [2.45, 2.75) is 33.6 Å². The molecule has 2 N–H and O–H groups in total. The molecule has 0 spiro atoms. The summed E-state index contributed by atoms with van der Waals surface area (Å²) >= 11 is 5.28. The largest absolute Gasteiger partial charge is 0.494 e. The van der Waals surface area contributed by atoms with Crippen LogP contribution in [0.2, 0.25) is 0 Å². The van der Waals surface area contributed by atoms with Crippen LogP contribution in [-0.2, 0) is 0 Å². The molecule has 20 heavy (non-hydrogen) atoms. The Hall–Kier alpha value is -1.49. The van der Waals surface area contributed by atoms with E-state index in [1.54, 1.807) is 0 Å². The van der Waals surface area contributed by atoms with Crippen molar-refractivity contribution in [1.82, 2.24) is 5.32 Å². The predicted molar refractivity (Wildman–Crippen MR) is 87.9 cm³/mol. The van der Waals surface area contributed by atoms with Crippen molar-refractivity contribution in [2.75, 3.05) is 25.1 Å². The normalized spacial score (nSPS) is 9.95. The smallest absolute Gasteiger partial charge is 0.170 e. The van der Waals surface area contributed by atoms with Crippen LogP contribution in [0.5, 0.6) is 11.5 Å². The summed E-state index contributed by atoms with van der Waals surface area (Å²) in [5, 5.41) is 6.95. The summed E-state index contributed by atoms with van der Waals surface area (Å²) < 4.78 is 11.1. The van der Waals surface area contributed by atoms with E-state index in [4.69, 9.17) is 21.7 Å². The zero-order valence-electron chi connectivity index (χ0n) is 12.5. The van der Waals surface area contributed by atoms with Crippen molar-refractivity contribution in [3.05, 3.63) is 18.2 Å². The first-order chi connectivity index (χ1) is 9.71. The fraction of sp³-hybridized carbons (Fsp3) is 0.533. The first-order valence-corrected chi connectivity index (χ1v) is 7.56. The number of benzene rings is 1. The third-order valence-electron chi connectivity index (χ3n) is 2.63. The molecule has 0 aliphatic carbocycles. The minimum absolute atomic E-state index is 0.605. The van der Waals surface area contributed by atoms with Crippen molar-refractivity contribution in [2.24, 2.45) is 0 Å². The molecule has 1 aromatic rings. The molecule has 4 nitrogen and oxygen atoms in total. The Bertz CT molecular complexity index is 424. The Balaban J connectivity index is 2.72. The Kier molecular flexibility index (Phi) is 7.80. The lowest BCUT2D eigenvalue weighted by molar-refractivity contribution is 0.332. The predicted octanol–water partition coefficient (Wildman–Crippen LogP) is 3.57. The van der Waals surface area contributed by atoms with Crippen LogP contribution in [0.25, 0.3) is 0 Å². The quantitative estimate of drug-likeness (QED) is 0.567. The highest BCUT2D eigenvalue weighted by Gasteiger charge is 2.07. The number of ether oxygens (including phenoxy) is 2. The number of nitrogens with one attached hydrogen (secondary N) is 2. The molecule has 1 rings (SSSR count). The summed E-state index contributed by atoms with van der Waals surface area (Å²) in [6.45, 7) is 8.18. The van der Waals surface area contributed by atoms with Crippen LogP contribution in [0, 0.1) is 0 Å². The number of hydrogen-bond donors (Lipinski definition) is 2. The van der Waals surface area contributed by atoms with Gasteiger partial charge < -0.3 is 20.1 Å². The van der Waals surface area contributed by atoms with Gasteiger partial charge in [0.1, 0.15) is 11.5 Å². The molecule has 0 aromatic heterocycles. The Labute approximate surface area is 126 Å². The van der Waals surface area contributed by atoms with Gasteiger partial charge in [0.2, 0.25) is 0 Å². The second-order valence-electron chi connectivity index (χ2n) is 4.26. The average molecular weight is 296 g/mol. The lowest BCUT2D eigenvalue weighted by Crippen LogP contribution is -2.29. The third kappa shape index (κ3) is 5.65. The van der Waals surface area contributed by atoms with E-state index in [2.05, 4.69) is 17.6 Å². The summed E-state index contributed by atoms with van der Waals surface area (Å²) in [5.74, 6) is 1.57. The minimum Gasteiger partial charge on any atom is -0.494 e. The highest BCUT2D eigenvalue weighted by atomic mass is 32.1. The first-order valence-electron chi connectivity index (χ1n) is 7.15. The van der Waals surface area contributed by atoms with Gasteiger partial charge >= 0.3 is 0 Å². The van der Waals surface area contributed by atoms with Crippen molar-refractivity contribution >= 4 is 23.0 Å². The van der Waals surface area contributed by atoms with Gasteiger partial charge in [-0.2, -0.15) is 0 Å². The Morgan fingerprint density at radius 2 is 1.90 bits per heavy atom. The fourth-order valence-corrected chi connectivity index (χ4v) is 1.90. The molecule has 1 aromatic carbocycles.